The van der Waals surface area contributed by atoms with E-state index in [1.807, 2.05) is 0 Å². The molecule has 4 nitrogen and oxygen atoms in total. The minimum absolute atomic E-state index is 0.0604. The van der Waals surface area contributed by atoms with E-state index < -0.39 is 0 Å². The van der Waals surface area contributed by atoms with Crippen LogP contribution in [0.4, 0.5) is 0 Å². The topological polar surface area (TPSA) is 53.3 Å². The number of para-hydroxylation sites is 1. The molecule has 164 valence electrons. The van der Waals surface area contributed by atoms with Crippen molar-refractivity contribution in [2.24, 2.45) is 5.92 Å². The number of piperidine rings is 1. The van der Waals surface area contributed by atoms with Crippen LogP contribution in [-0.2, 0) is 0 Å². The molecule has 0 aliphatic carbocycles. The van der Waals surface area contributed by atoms with Gasteiger partial charge in [0.15, 0.2) is 5.78 Å². The quantitative estimate of drug-likeness (QED) is 0.462. The summed E-state index contributed by atoms with van der Waals surface area (Å²) in [5.74, 6) is 1.31. The molecule has 2 aromatic rings. The van der Waals surface area contributed by atoms with E-state index in [9.17, 15) is 10.1 Å². The largest absolute Gasteiger partial charge is 0.454 e. The number of Topliss-reactive ketones (excluding diaryl/α,β-unsaturated/α-hetero) is 1. The summed E-state index contributed by atoms with van der Waals surface area (Å²) < 4.78 is 5.82. The van der Waals surface area contributed by atoms with Crippen molar-refractivity contribution < 1.29 is 9.53 Å². The minimum atomic E-state index is 0.0604. The Morgan fingerprint density at radius 2 is 1.77 bits per heavy atom. The fourth-order valence-corrected chi connectivity index (χ4v) is 5.65. The molecule has 0 unspecified atom stereocenters. The SMILES string of the molecule is CCN1C(C)(C)CC(CC(=O)c2ccc(Oc3ccccc3C#N)c(Cl)c2)CC1(C)C. The summed E-state index contributed by atoms with van der Waals surface area (Å²) in [6.07, 6.45) is 2.50. The van der Waals surface area contributed by atoms with E-state index in [0.717, 1.165) is 19.4 Å². The summed E-state index contributed by atoms with van der Waals surface area (Å²) in [6.45, 7) is 12.3. The summed E-state index contributed by atoms with van der Waals surface area (Å²) in [6, 6.07) is 14.2. The fourth-order valence-electron chi connectivity index (χ4n) is 5.43. The van der Waals surface area contributed by atoms with Crippen LogP contribution in [-0.4, -0.2) is 28.3 Å². The number of hydrogen-bond acceptors (Lipinski definition) is 4. The smallest absolute Gasteiger partial charge is 0.163 e. The van der Waals surface area contributed by atoms with E-state index in [4.69, 9.17) is 16.3 Å². The normalized spacial score (nSPS) is 18.4. The molecule has 0 N–H and O–H groups in total. The maximum absolute atomic E-state index is 13.1. The zero-order valence-corrected chi connectivity index (χ0v) is 19.8. The molecule has 0 saturated carbocycles. The van der Waals surface area contributed by atoms with Crippen LogP contribution in [0.25, 0.3) is 0 Å². The predicted molar refractivity (Wildman–Crippen MR) is 125 cm³/mol. The number of nitriles is 1. The number of benzene rings is 2. The molecule has 2 aromatic carbocycles. The molecule has 0 spiro atoms. The van der Waals surface area contributed by atoms with Gasteiger partial charge in [0.25, 0.3) is 0 Å². The number of likely N-dealkylation sites (tertiary alicyclic amines) is 1. The van der Waals surface area contributed by atoms with E-state index in [1.54, 1.807) is 42.5 Å². The molecule has 0 bridgehead atoms. The lowest BCUT2D eigenvalue weighted by molar-refractivity contribution is -0.0471. The zero-order chi connectivity index (χ0) is 22.8. The van der Waals surface area contributed by atoms with Crippen LogP contribution in [0.2, 0.25) is 5.02 Å². The Hall–Kier alpha value is -2.35. The Morgan fingerprint density at radius 1 is 1.13 bits per heavy atom. The van der Waals surface area contributed by atoms with Crippen molar-refractivity contribution >= 4 is 17.4 Å². The summed E-state index contributed by atoms with van der Waals surface area (Å²) in [7, 11) is 0. The molecule has 3 rings (SSSR count). The van der Waals surface area contributed by atoms with Crippen molar-refractivity contribution in [3.63, 3.8) is 0 Å². The van der Waals surface area contributed by atoms with Crippen LogP contribution >= 0.6 is 11.6 Å². The molecule has 1 fully saturated rings. The maximum Gasteiger partial charge on any atom is 0.163 e. The van der Waals surface area contributed by atoms with E-state index in [2.05, 4.69) is 45.6 Å². The second kappa shape index (κ2) is 9.02. The lowest BCUT2D eigenvalue weighted by atomic mass is 9.72. The van der Waals surface area contributed by atoms with Gasteiger partial charge in [-0.1, -0.05) is 30.7 Å². The molecule has 0 amide bonds. The highest BCUT2D eigenvalue weighted by atomic mass is 35.5. The van der Waals surface area contributed by atoms with Crippen LogP contribution < -0.4 is 4.74 Å². The van der Waals surface area contributed by atoms with Crippen LogP contribution in [0.1, 0.15) is 69.8 Å². The molecule has 1 saturated heterocycles. The average molecular weight is 439 g/mol. The van der Waals surface area contributed by atoms with Crippen LogP contribution in [0, 0.1) is 17.2 Å². The minimum Gasteiger partial charge on any atom is -0.454 e. The highest BCUT2D eigenvalue weighted by molar-refractivity contribution is 6.32. The van der Waals surface area contributed by atoms with Gasteiger partial charge in [-0.15, -0.1) is 0 Å². The van der Waals surface area contributed by atoms with E-state index in [1.165, 1.54) is 0 Å². The van der Waals surface area contributed by atoms with Crippen molar-refractivity contribution in [3.05, 3.63) is 58.6 Å². The number of rotatable bonds is 6. The first kappa shape index (κ1) is 23.3. The predicted octanol–water partition coefficient (Wildman–Crippen LogP) is 6.87. The van der Waals surface area contributed by atoms with Gasteiger partial charge in [-0.05, 0) is 83.3 Å². The van der Waals surface area contributed by atoms with Gasteiger partial charge in [-0.2, -0.15) is 5.26 Å². The Morgan fingerprint density at radius 3 is 2.35 bits per heavy atom. The van der Waals surface area contributed by atoms with Gasteiger partial charge in [0.1, 0.15) is 17.6 Å². The van der Waals surface area contributed by atoms with Crippen LogP contribution in [0.5, 0.6) is 11.5 Å². The summed E-state index contributed by atoms with van der Waals surface area (Å²) >= 11 is 6.42. The maximum atomic E-state index is 13.1. The molecule has 1 aliphatic rings. The van der Waals surface area contributed by atoms with Crippen molar-refractivity contribution in [1.82, 2.24) is 4.90 Å². The summed E-state index contributed by atoms with van der Waals surface area (Å²) in [5.41, 5.74) is 1.15. The first-order valence-electron chi connectivity index (χ1n) is 10.8. The van der Waals surface area contributed by atoms with Crippen molar-refractivity contribution in [2.45, 2.75) is 65.0 Å². The number of ether oxygens (including phenoxy) is 1. The Labute approximate surface area is 190 Å². The standard InChI is InChI=1S/C26H31ClN2O2/c1-6-29-25(2,3)15-18(16-26(29,4)5)13-22(30)19-11-12-24(21(27)14-19)31-23-10-8-7-9-20(23)17-28/h7-12,14,18H,6,13,15-16H2,1-5H3. The molecule has 31 heavy (non-hydrogen) atoms. The zero-order valence-electron chi connectivity index (χ0n) is 19.0. The van der Waals surface area contributed by atoms with Gasteiger partial charge in [0.2, 0.25) is 0 Å². The highest BCUT2D eigenvalue weighted by Crippen LogP contribution is 2.43. The van der Waals surface area contributed by atoms with Gasteiger partial charge in [-0.25, -0.2) is 0 Å². The second-order valence-corrected chi connectivity index (χ2v) is 10.0. The summed E-state index contributed by atoms with van der Waals surface area (Å²) in [4.78, 5) is 15.6. The first-order chi connectivity index (χ1) is 14.6. The van der Waals surface area contributed by atoms with Crippen molar-refractivity contribution in [1.29, 1.82) is 5.26 Å². The van der Waals surface area contributed by atoms with Gasteiger partial charge in [-0.3, -0.25) is 9.69 Å². The monoisotopic (exact) mass is 438 g/mol. The molecular weight excluding hydrogens is 408 g/mol. The Kier molecular flexibility index (Phi) is 6.79. The van der Waals surface area contributed by atoms with E-state index >= 15 is 0 Å². The van der Waals surface area contributed by atoms with Gasteiger partial charge >= 0.3 is 0 Å². The lowest BCUT2D eigenvalue weighted by Crippen LogP contribution is -2.60. The van der Waals surface area contributed by atoms with Crippen LogP contribution in [0.15, 0.2) is 42.5 Å². The third kappa shape index (κ3) is 5.11. The first-order valence-corrected chi connectivity index (χ1v) is 11.2. The van der Waals surface area contributed by atoms with Gasteiger partial charge in [0, 0.05) is 23.1 Å². The third-order valence-corrected chi connectivity index (χ3v) is 6.60. The number of carbonyl (C=O) groups excluding carboxylic acids is 1. The average Bonchev–Trinajstić information content (AvgIpc) is 2.68. The molecule has 0 aromatic heterocycles. The second-order valence-electron chi connectivity index (χ2n) is 9.63. The molecule has 5 heteroatoms. The fraction of sp³-hybridized carbons (Fsp3) is 0.462. The number of carbonyl (C=O) groups is 1. The Bertz CT molecular complexity index is 989. The van der Waals surface area contributed by atoms with Crippen molar-refractivity contribution in [2.75, 3.05) is 6.54 Å². The molecular formula is C26H31ClN2O2. The number of nitrogens with zero attached hydrogens (tertiary/aromatic N) is 2. The lowest BCUT2D eigenvalue weighted by Gasteiger charge is -2.55. The third-order valence-electron chi connectivity index (χ3n) is 6.31. The number of hydrogen-bond donors (Lipinski definition) is 0. The molecule has 0 atom stereocenters. The molecule has 1 aliphatic heterocycles. The Balaban J connectivity index is 1.73. The number of ketones is 1. The van der Waals surface area contributed by atoms with E-state index in [-0.39, 0.29) is 16.9 Å². The van der Waals surface area contributed by atoms with E-state index in [0.29, 0.717) is 40.0 Å². The van der Waals surface area contributed by atoms with Gasteiger partial charge in [0.05, 0.1) is 10.6 Å². The highest BCUT2D eigenvalue weighted by Gasteiger charge is 2.44. The van der Waals surface area contributed by atoms with Crippen LogP contribution in [0.3, 0.4) is 0 Å². The molecule has 0 radical (unpaired) electrons. The summed E-state index contributed by atoms with van der Waals surface area (Å²) in [5, 5.41) is 9.59. The van der Waals surface area contributed by atoms with Gasteiger partial charge < -0.3 is 4.74 Å². The van der Waals surface area contributed by atoms with Crippen molar-refractivity contribution in [3.8, 4) is 17.6 Å². The number of halogens is 1. The molecule has 1 heterocycles.